The summed E-state index contributed by atoms with van der Waals surface area (Å²) in [4.78, 5) is 0.228. The zero-order chi connectivity index (χ0) is 15.7. The molecule has 1 fully saturated rings. The summed E-state index contributed by atoms with van der Waals surface area (Å²) < 4.78 is 27.9. The van der Waals surface area contributed by atoms with Crippen LogP contribution in [-0.4, -0.2) is 26.0 Å². The van der Waals surface area contributed by atoms with Crippen LogP contribution in [0.4, 0.5) is 0 Å². The minimum atomic E-state index is -3.57. The maximum atomic E-state index is 12.6. The van der Waals surface area contributed by atoms with Gasteiger partial charge >= 0.3 is 0 Å². The summed E-state index contributed by atoms with van der Waals surface area (Å²) in [5.41, 5.74) is 7.07. The molecule has 0 unspecified atom stereocenters. The minimum Gasteiger partial charge on any atom is -0.326 e. The SMILES string of the molecule is CSC1(CNS(=O)(=O)c2cc(Cl)cc(CN)c2C)CCC1. The normalized spacial score (nSPS) is 17.5. The summed E-state index contributed by atoms with van der Waals surface area (Å²) >= 11 is 7.75. The lowest BCUT2D eigenvalue weighted by Gasteiger charge is -2.40. The van der Waals surface area contributed by atoms with Crippen molar-refractivity contribution in [1.82, 2.24) is 4.72 Å². The van der Waals surface area contributed by atoms with E-state index < -0.39 is 10.0 Å². The van der Waals surface area contributed by atoms with Crippen molar-refractivity contribution in [3.8, 4) is 0 Å². The molecule has 3 N–H and O–H groups in total. The average molecular weight is 349 g/mol. The van der Waals surface area contributed by atoms with E-state index in [4.69, 9.17) is 17.3 Å². The van der Waals surface area contributed by atoms with Crippen molar-refractivity contribution >= 4 is 33.4 Å². The van der Waals surface area contributed by atoms with Crippen LogP contribution in [0.1, 0.15) is 30.4 Å². The number of benzene rings is 1. The highest BCUT2D eigenvalue weighted by Crippen LogP contribution is 2.42. The second-order valence-electron chi connectivity index (χ2n) is 5.46. The van der Waals surface area contributed by atoms with E-state index in [0.29, 0.717) is 17.1 Å². The first kappa shape index (κ1) is 17.1. The number of nitrogens with one attached hydrogen (secondary N) is 1. The molecule has 0 spiro atoms. The lowest BCUT2D eigenvalue weighted by Crippen LogP contribution is -2.45. The van der Waals surface area contributed by atoms with E-state index in [1.54, 1.807) is 24.8 Å². The standard InChI is InChI=1S/C14H21ClN2O2S2/c1-10-11(8-16)6-12(15)7-13(10)21(18,19)17-9-14(20-2)4-3-5-14/h6-7,17H,3-5,8-9,16H2,1-2H3. The Morgan fingerprint density at radius 1 is 1.43 bits per heavy atom. The molecule has 0 atom stereocenters. The molecule has 0 saturated heterocycles. The molecule has 4 nitrogen and oxygen atoms in total. The second-order valence-corrected chi connectivity index (χ2v) is 8.90. The third-order valence-corrected chi connectivity index (χ3v) is 7.39. The Morgan fingerprint density at radius 3 is 2.57 bits per heavy atom. The quantitative estimate of drug-likeness (QED) is 0.829. The Kier molecular flexibility index (Phi) is 5.26. The Bertz CT molecular complexity index is 623. The molecule has 21 heavy (non-hydrogen) atoms. The van der Waals surface area contributed by atoms with Crippen LogP contribution < -0.4 is 10.5 Å². The van der Waals surface area contributed by atoms with Crippen LogP contribution in [0.5, 0.6) is 0 Å². The molecule has 1 aromatic rings. The first-order valence-electron chi connectivity index (χ1n) is 6.87. The van der Waals surface area contributed by atoms with Gasteiger partial charge in [-0.05, 0) is 49.3 Å². The van der Waals surface area contributed by atoms with Gasteiger partial charge in [-0.15, -0.1) is 0 Å². The van der Waals surface area contributed by atoms with Gasteiger partial charge in [-0.3, -0.25) is 0 Å². The Balaban J connectivity index is 2.25. The van der Waals surface area contributed by atoms with Crippen LogP contribution in [0, 0.1) is 6.92 Å². The molecule has 0 aliphatic heterocycles. The molecule has 0 radical (unpaired) electrons. The smallest absolute Gasteiger partial charge is 0.240 e. The van der Waals surface area contributed by atoms with E-state index in [-0.39, 0.29) is 16.2 Å². The van der Waals surface area contributed by atoms with Crippen LogP contribution in [0.15, 0.2) is 17.0 Å². The van der Waals surface area contributed by atoms with E-state index in [0.717, 1.165) is 24.8 Å². The zero-order valence-electron chi connectivity index (χ0n) is 12.3. The molecule has 0 amide bonds. The van der Waals surface area contributed by atoms with Gasteiger partial charge in [0.25, 0.3) is 0 Å². The highest BCUT2D eigenvalue weighted by Gasteiger charge is 2.37. The fourth-order valence-corrected chi connectivity index (χ4v) is 5.28. The lowest BCUT2D eigenvalue weighted by atomic mass is 9.84. The van der Waals surface area contributed by atoms with Crippen LogP contribution in [-0.2, 0) is 16.6 Å². The van der Waals surface area contributed by atoms with Crippen molar-refractivity contribution in [1.29, 1.82) is 0 Å². The molecule has 1 aliphatic rings. The zero-order valence-corrected chi connectivity index (χ0v) is 14.7. The predicted octanol–water partition coefficient (Wildman–Crippen LogP) is 2.67. The molecular weight excluding hydrogens is 328 g/mol. The fourth-order valence-electron chi connectivity index (χ4n) is 2.53. The van der Waals surface area contributed by atoms with Gasteiger partial charge in [0.05, 0.1) is 4.90 Å². The third kappa shape index (κ3) is 3.56. The van der Waals surface area contributed by atoms with Crippen molar-refractivity contribution in [2.24, 2.45) is 5.73 Å². The molecule has 7 heteroatoms. The first-order chi connectivity index (χ1) is 9.83. The van der Waals surface area contributed by atoms with Crippen LogP contribution in [0.3, 0.4) is 0 Å². The first-order valence-corrected chi connectivity index (χ1v) is 9.96. The van der Waals surface area contributed by atoms with Gasteiger partial charge < -0.3 is 5.73 Å². The second kappa shape index (κ2) is 6.46. The number of rotatable bonds is 6. The molecule has 118 valence electrons. The Hall–Kier alpha value is -0.270. The summed E-state index contributed by atoms with van der Waals surface area (Å²) in [6.07, 6.45) is 5.30. The maximum absolute atomic E-state index is 12.6. The Labute approximate surface area is 135 Å². The molecule has 1 saturated carbocycles. The molecule has 1 aromatic carbocycles. The molecule has 2 rings (SSSR count). The van der Waals surface area contributed by atoms with Crippen LogP contribution in [0.25, 0.3) is 0 Å². The summed E-state index contributed by atoms with van der Waals surface area (Å²) in [5.74, 6) is 0. The Morgan fingerprint density at radius 2 is 2.10 bits per heavy atom. The van der Waals surface area contributed by atoms with E-state index in [1.807, 2.05) is 6.26 Å². The van der Waals surface area contributed by atoms with E-state index in [2.05, 4.69) is 4.72 Å². The van der Waals surface area contributed by atoms with Crippen molar-refractivity contribution < 1.29 is 8.42 Å². The van der Waals surface area contributed by atoms with Gasteiger partial charge in [0, 0.05) is 22.9 Å². The topological polar surface area (TPSA) is 72.2 Å². The van der Waals surface area contributed by atoms with Crippen molar-refractivity contribution in [3.63, 3.8) is 0 Å². The number of nitrogens with two attached hydrogens (primary N) is 1. The molecular formula is C14H21ClN2O2S2. The fraction of sp³-hybridized carbons (Fsp3) is 0.571. The van der Waals surface area contributed by atoms with Crippen LogP contribution >= 0.6 is 23.4 Å². The number of halogens is 1. The monoisotopic (exact) mass is 348 g/mol. The van der Waals surface area contributed by atoms with E-state index in [9.17, 15) is 8.42 Å². The largest absolute Gasteiger partial charge is 0.326 e. The van der Waals surface area contributed by atoms with E-state index in [1.165, 1.54) is 6.07 Å². The van der Waals surface area contributed by atoms with Gasteiger partial charge in [0.1, 0.15) is 0 Å². The van der Waals surface area contributed by atoms with Gasteiger partial charge in [-0.25, -0.2) is 13.1 Å². The lowest BCUT2D eigenvalue weighted by molar-refractivity contribution is 0.362. The molecule has 1 aliphatic carbocycles. The van der Waals surface area contributed by atoms with E-state index >= 15 is 0 Å². The summed E-state index contributed by atoms with van der Waals surface area (Å²) in [5, 5.41) is 0.393. The number of thioether (sulfide) groups is 1. The number of sulfonamides is 1. The van der Waals surface area contributed by atoms with Crippen molar-refractivity contribution in [2.75, 3.05) is 12.8 Å². The summed E-state index contributed by atoms with van der Waals surface area (Å²) in [7, 11) is -3.57. The van der Waals surface area contributed by atoms with Crippen molar-refractivity contribution in [2.45, 2.75) is 42.4 Å². The number of hydrogen-bond acceptors (Lipinski definition) is 4. The summed E-state index contributed by atoms with van der Waals surface area (Å²) in [6.45, 7) is 2.49. The summed E-state index contributed by atoms with van der Waals surface area (Å²) in [6, 6.07) is 3.20. The highest BCUT2D eigenvalue weighted by atomic mass is 35.5. The van der Waals surface area contributed by atoms with Gasteiger partial charge in [-0.2, -0.15) is 11.8 Å². The number of hydrogen-bond donors (Lipinski definition) is 2. The minimum absolute atomic E-state index is 0.0518. The van der Waals surface area contributed by atoms with Crippen LogP contribution in [0.2, 0.25) is 5.02 Å². The molecule has 0 aromatic heterocycles. The maximum Gasteiger partial charge on any atom is 0.240 e. The highest BCUT2D eigenvalue weighted by molar-refractivity contribution is 8.00. The van der Waals surface area contributed by atoms with Gasteiger partial charge in [0.2, 0.25) is 10.0 Å². The van der Waals surface area contributed by atoms with Gasteiger partial charge in [0.15, 0.2) is 0 Å². The molecule has 0 bridgehead atoms. The third-order valence-electron chi connectivity index (χ3n) is 4.22. The molecule has 0 heterocycles. The van der Waals surface area contributed by atoms with Crippen molar-refractivity contribution in [3.05, 3.63) is 28.3 Å². The van der Waals surface area contributed by atoms with Gasteiger partial charge in [-0.1, -0.05) is 18.0 Å². The predicted molar refractivity (Wildman–Crippen MR) is 89.4 cm³/mol. The average Bonchev–Trinajstić information content (AvgIpc) is 2.40.